The molecule has 0 unspecified atom stereocenters. The number of ether oxygens (including phenoxy) is 2. The predicted octanol–water partition coefficient (Wildman–Crippen LogP) is 3.33. The first-order chi connectivity index (χ1) is 17.6. The standard InChI is InChI=1S/C27H45BN4O6/c1-18(2)21(31-24(34)36-25(3,4)5)22(33)32-13-10-11-19(17-32)12-14-35-23-29-15-20(16-30-23)28-37-26(6,7)27(8,9)38-28/h15-16,18-19,21H,10-14,17H2,1-9H3,(H,31,34)/t19-,21+/m0/s1. The molecule has 2 atom stereocenters. The lowest BCUT2D eigenvalue weighted by atomic mass is 9.81. The van der Waals surface area contributed by atoms with Gasteiger partial charge in [0.2, 0.25) is 5.91 Å². The molecule has 0 bridgehead atoms. The SMILES string of the molecule is CC(C)[C@@H](NC(=O)OC(C)(C)C)C(=O)N1CCC[C@@H](CCOc2ncc(B3OC(C)(C)C(C)(C)O3)cn2)C1. The maximum atomic E-state index is 13.3. The van der Waals surface area contributed by atoms with Crippen LogP contribution in [-0.2, 0) is 18.8 Å². The van der Waals surface area contributed by atoms with Crippen molar-refractivity contribution in [2.45, 2.75) is 104 Å². The second-order valence-corrected chi connectivity index (χ2v) is 12.7. The van der Waals surface area contributed by atoms with Crippen LogP contribution in [0.15, 0.2) is 12.4 Å². The molecular formula is C27H45BN4O6. The summed E-state index contributed by atoms with van der Waals surface area (Å²) in [6.07, 6.45) is 5.48. The Hall–Kier alpha value is -2.40. The van der Waals surface area contributed by atoms with E-state index >= 15 is 0 Å². The van der Waals surface area contributed by atoms with E-state index in [1.54, 1.807) is 33.2 Å². The Kier molecular flexibility index (Phi) is 9.34. The minimum Gasteiger partial charge on any atom is -0.463 e. The van der Waals surface area contributed by atoms with Crippen LogP contribution in [0.1, 0.15) is 81.6 Å². The molecule has 10 nitrogen and oxygen atoms in total. The fourth-order valence-corrected chi connectivity index (χ4v) is 4.46. The van der Waals surface area contributed by atoms with E-state index in [0.29, 0.717) is 31.6 Å². The first-order valence-electron chi connectivity index (χ1n) is 13.7. The lowest BCUT2D eigenvalue weighted by Crippen LogP contribution is -2.54. The lowest BCUT2D eigenvalue weighted by molar-refractivity contribution is -0.136. The van der Waals surface area contributed by atoms with Crippen molar-refractivity contribution >= 4 is 24.6 Å². The number of rotatable bonds is 8. The maximum absolute atomic E-state index is 13.3. The molecule has 11 heteroatoms. The van der Waals surface area contributed by atoms with Gasteiger partial charge in [-0.05, 0) is 79.6 Å². The van der Waals surface area contributed by atoms with Crippen molar-refractivity contribution in [3.63, 3.8) is 0 Å². The number of nitrogens with one attached hydrogen (secondary N) is 1. The molecule has 0 radical (unpaired) electrons. The van der Waals surface area contributed by atoms with Crippen molar-refractivity contribution in [2.75, 3.05) is 19.7 Å². The minimum absolute atomic E-state index is 0.0592. The van der Waals surface area contributed by atoms with E-state index in [-0.39, 0.29) is 11.8 Å². The zero-order valence-corrected chi connectivity index (χ0v) is 24.5. The van der Waals surface area contributed by atoms with Crippen LogP contribution < -0.4 is 15.5 Å². The molecule has 38 heavy (non-hydrogen) atoms. The maximum Gasteiger partial charge on any atom is 0.498 e. The smallest absolute Gasteiger partial charge is 0.463 e. The van der Waals surface area contributed by atoms with Crippen LogP contribution in [0.5, 0.6) is 6.01 Å². The van der Waals surface area contributed by atoms with E-state index < -0.39 is 36.1 Å². The summed E-state index contributed by atoms with van der Waals surface area (Å²) in [7, 11) is -0.515. The number of aromatic nitrogens is 2. The number of piperidine rings is 1. The number of carbonyl (C=O) groups excluding carboxylic acids is 2. The quantitative estimate of drug-likeness (QED) is 0.508. The van der Waals surface area contributed by atoms with Crippen LogP contribution in [0.4, 0.5) is 4.79 Å². The summed E-state index contributed by atoms with van der Waals surface area (Å²) in [6.45, 7) is 19.0. The van der Waals surface area contributed by atoms with Gasteiger partial charge in [-0.15, -0.1) is 0 Å². The van der Waals surface area contributed by atoms with Crippen LogP contribution in [0.25, 0.3) is 0 Å². The van der Waals surface area contributed by atoms with Gasteiger partial charge in [-0.25, -0.2) is 14.8 Å². The largest absolute Gasteiger partial charge is 0.498 e. The summed E-state index contributed by atoms with van der Waals surface area (Å²) in [5, 5.41) is 2.77. The lowest BCUT2D eigenvalue weighted by Gasteiger charge is -2.36. The average molecular weight is 532 g/mol. The van der Waals surface area contributed by atoms with E-state index in [4.69, 9.17) is 18.8 Å². The summed E-state index contributed by atoms with van der Waals surface area (Å²) in [6, 6.07) is -0.328. The number of alkyl carbamates (subject to hydrolysis) is 1. The highest BCUT2D eigenvalue weighted by atomic mass is 16.7. The van der Waals surface area contributed by atoms with Crippen molar-refractivity contribution in [3.05, 3.63) is 12.4 Å². The number of carbonyl (C=O) groups is 2. The molecule has 2 aliphatic heterocycles. The van der Waals surface area contributed by atoms with E-state index in [0.717, 1.165) is 24.7 Å². The zero-order chi connectivity index (χ0) is 28.3. The number of hydrogen-bond acceptors (Lipinski definition) is 8. The van der Waals surface area contributed by atoms with Gasteiger partial charge in [-0.1, -0.05) is 13.8 Å². The van der Waals surface area contributed by atoms with Gasteiger partial charge in [0, 0.05) is 30.9 Å². The fraction of sp³-hybridized carbons (Fsp3) is 0.778. The monoisotopic (exact) mass is 532 g/mol. The van der Waals surface area contributed by atoms with E-state index in [9.17, 15) is 9.59 Å². The average Bonchev–Trinajstić information content (AvgIpc) is 3.03. The van der Waals surface area contributed by atoms with Gasteiger partial charge in [0.15, 0.2) is 0 Å². The highest BCUT2D eigenvalue weighted by molar-refractivity contribution is 6.61. The van der Waals surface area contributed by atoms with E-state index in [1.807, 2.05) is 46.4 Å². The second kappa shape index (κ2) is 11.8. The molecule has 0 saturated carbocycles. The number of amides is 2. The Morgan fingerprint density at radius 2 is 1.76 bits per heavy atom. The van der Waals surface area contributed by atoms with Gasteiger partial charge in [0.1, 0.15) is 11.6 Å². The number of likely N-dealkylation sites (tertiary alicyclic amines) is 1. The first kappa shape index (κ1) is 30.2. The van der Waals surface area contributed by atoms with Gasteiger partial charge < -0.3 is 29.0 Å². The van der Waals surface area contributed by atoms with E-state index in [1.165, 1.54) is 0 Å². The van der Waals surface area contributed by atoms with Crippen molar-refractivity contribution in [2.24, 2.45) is 11.8 Å². The van der Waals surface area contributed by atoms with Gasteiger partial charge in [0.05, 0.1) is 17.8 Å². The normalized spacial score (nSPS) is 21.8. The zero-order valence-electron chi connectivity index (χ0n) is 24.5. The van der Waals surface area contributed by atoms with Crippen LogP contribution in [0, 0.1) is 11.8 Å². The Labute approximate surface area is 227 Å². The molecule has 2 saturated heterocycles. The van der Waals surface area contributed by atoms with Crippen molar-refractivity contribution in [1.29, 1.82) is 0 Å². The molecule has 1 N–H and O–H groups in total. The highest BCUT2D eigenvalue weighted by Gasteiger charge is 2.52. The van der Waals surface area contributed by atoms with Crippen LogP contribution in [0.3, 0.4) is 0 Å². The molecule has 2 fully saturated rings. The number of hydrogen-bond donors (Lipinski definition) is 1. The molecule has 0 spiro atoms. The minimum atomic E-state index is -0.629. The molecule has 3 heterocycles. The Bertz CT molecular complexity index is 947. The van der Waals surface area contributed by atoms with Crippen molar-refractivity contribution < 1.29 is 28.4 Å². The molecular weight excluding hydrogens is 487 g/mol. The van der Waals surface area contributed by atoms with Gasteiger partial charge in [-0.2, -0.15) is 0 Å². The third-order valence-corrected chi connectivity index (χ3v) is 7.37. The van der Waals surface area contributed by atoms with Gasteiger partial charge >= 0.3 is 19.2 Å². The van der Waals surface area contributed by atoms with Crippen LogP contribution in [0.2, 0.25) is 0 Å². The third-order valence-electron chi connectivity index (χ3n) is 7.37. The molecule has 2 aliphatic rings. The highest BCUT2D eigenvalue weighted by Crippen LogP contribution is 2.36. The summed E-state index contributed by atoms with van der Waals surface area (Å²) in [5.74, 6) is 0.167. The number of nitrogens with zero attached hydrogens (tertiary/aromatic N) is 3. The predicted molar refractivity (Wildman–Crippen MR) is 145 cm³/mol. The summed E-state index contributed by atoms with van der Waals surface area (Å²) in [5.41, 5.74) is -0.732. The van der Waals surface area contributed by atoms with Crippen molar-refractivity contribution in [3.8, 4) is 6.01 Å². The Morgan fingerprint density at radius 1 is 1.16 bits per heavy atom. The van der Waals surface area contributed by atoms with Crippen LogP contribution in [-0.4, -0.2) is 76.5 Å². The molecule has 2 amide bonds. The molecule has 1 aromatic heterocycles. The molecule has 3 rings (SSSR count). The van der Waals surface area contributed by atoms with Crippen LogP contribution >= 0.6 is 0 Å². The Morgan fingerprint density at radius 3 is 2.32 bits per heavy atom. The third kappa shape index (κ3) is 7.82. The fourth-order valence-electron chi connectivity index (χ4n) is 4.46. The summed E-state index contributed by atoms with van der Waals surface area (Å²) >= 11 is 0. The Balaban J connectivity index is 1.48. The summed E-state index contributed by atoms with van der Waals surface area (Å²) in [4.78, 5) is 36.1. The first-order valence-corrected chi connectivity index (χ1v) is 13.7. The topological polar surface area (TPSA) is 112 Å². The van der Waals surface area contributed by atoms with E-state index in [2.05, 4.69) is 15.3 Å². The molecule has 1 aromatic rings. The molecule has 212 valence electrons. The summed E-state index contributed by atoms with van der Waals surface area (Å²) < 4.78 is 23.3. The second-order valence-electron chi connectivity index (χ2n) is 12.7. The molecule has 0 aliphatic carbocycles. The van der Waals surface area contributed by atoms with Gasteiger partial charge in [-0.3, -0.25) is 4.79 Å². The van der Waals surface area contributed by atoms with Crippen molar-refractivity contribution in [1.82, 2.24) is 20.2 Å². The molecule has 0 aromatic carbocycles. The van der Waals surface area contributed by atoms with Gasteiger partial charge in [0.25, 0.3) is 0 Å².